The van der Waals surface area contributed by atoms with Gasteiger partial charge in [0.1, 0.15) is 5.75 Å². The summed E-state index contributed by atoms with van der Waals surface area (Å²) in [5.74, 6) is 1.90. The molecule has 1 nitrogen and oxygen atoms in total. The molecule has 1 aromatic carbocycles. The van der Waals surface area contributed by atoms with Gasteiger partial charge < -0.3 is 4.74 Å². The van der Waals surface area contributed by atoms with E-state index < -0.39 is 0 Å². The summed E-state index contributed by atoms with van der Waals surface area (Å²) in [5, 5.41) is 0. The zero-order valence-electron chi connectivity index (χ0n) is 10.5. The molecule has 0 N–H and O–H groups in total. The highest BCUT2D eigenvalue weighted by Crippen LogP contribution is 2.27. The van der Waals surface area contributed by atoms with Crippen LogP contribution in [0.25, 0.3) is 0 Å². The second-order valence-electron chi connectivity index (χ2n) is 5.05. The van der Waals surface area contributed by atoms with Gasteiger partial charge in [-0.2, -0.15) is 0 Å². The third-order valence-corrected chi connectivity index (χ3v) is 4.54. The number of hydrogen-bond acceptors (Lipinski definition) is 1. The summed E-state index contributed by atoms with van der Waals surface area (Å²) in [5.41, 5.74) is 1.24. The van der Waals surface area contributed by atoms with E-state index in [9.17, 15) is 0 Å². The maximum absolute atomic E-state index is 5.82. The molecule has 2 rings (SSSR count). The SMILES string of the molecule is Cc1cc(OCCC2CCCCC2)ccc1Br. The molecule has 0 saturated heterocycles. The summed E-state index contributed by atoms with van der Waals surface area (Å²) < 4.78 is 6.97. The Hall–Kier alpha value is -0.500. The minimum absolute atomic E-state index is 0.867. The van der Waals surface area contributed by atoms with Crippen LogP contribution in [0.15, 0.2) is 22.7 Å². The molecule has 0 aliphatic heterocycles. The number of benzene rings is 1. The van der Waals surface area contributed by atoms with E-state index in [-0.39, 0.29) is 0 Å². The lowest BCUT2D eigenvalue weighted by Crippen LogP contribution is -2.10. The highest BCUT2D eigenvalue weighted by Gasteiger charge is 2.13. The van der Waals surface area contributed by atoms with Crippen LogP contribution in [0.3, 0.4) is 0 Å². The van der Waals surface area contributed by atoms with E-state index in [2.05, 4.69) is 35.0 Å². The molecule has 0 radical (unpaired) electrons. The minimum atomic E-state index is 0.867. The molecule has 0 heterocycles. The Morgan fingerprint density at radius 3 is 2.71 bits per heavy atom. The fourth-order valence-electron chi connectivity index (χ4n) is 2.53. The van der Waals surface area contributed by atoms with E-state index in [0.29, 0.717) is 0 Å². The van der Waals surface area contributed by atoms with Crippen molar-refractivity contribution < 1.29 is 4.74 Å². The van der Waals surface area contributed by atoms with Gasteiger partial charge in [-0.1, -0.05) is 48.0 Å². The lowest BCUT2D eigenvalue weighted by molar-refractivity contribution is 0.246. The van der Waals surface area contributed by atoms with Crippen molar-refractivity contribution in [3.05, 3.63) is 28.2 Å². The molecule has 1 aromatic rings. The number of halogens is 1. The molecule has 0 bridgehead atoms. The monoisotopic (exact) mass is 296 g/mol. The fourth-order valence-corrected chi connectivity index (χ4v) is 2.77. The van der Waals surface area contributed by atoms with Crippen molar-refractivity contribution >= 4 is 15.9 Å². The average molecular weight is 297 g/mol. The lowest BCUT2D eigenvalue weighted by Gasteiger charge is -2.21. The molecule has 2 heteroatoms. The van der Waals surface area contributed by atoms with Gasteiger partial charge in [-0.3, -0.25) is 0 Å². The predicted octanol–water partition coefficient (Wildman–Crippen LogP) is 5.11. The van der Waals surface area contributed by atoms with Crippen molar-refractivity contribution in [1.29, 1.82) is 0 Å². The molecule has 94 valence electrons. The van der Waals surface area contributed by atoms with Crippen LogP contribution in [0.4, 0.5) is 0 Å². The van der Waals surface area contributed by atoms with Crippen LogP contribution < -0.4 is 4.74 Å². The molecule has 17 heavy (non-hydrogen) atoms. The Kier molecular flexibility index (Phi) is 4.90. The van der Waals surface area contributed by atoms with Crippen molar-refractivity contribution in [1.82, 2.24) is 0 Å². The molecule has 0 unspecified atom stereocenters. The second kappa shape index (κ2) is 6.44. The van der Waals surface area contributed by atoms with Gasteiger partial charge in [0.25, 0.3) is 0 Å². The number of hydrogen-bond donors (Lipinski definition) is 0. The highest BCUT2D eigenvalue weighted by molar-refractivity contribution is 9.10. The molecule has 0 amide bonds. The second-order valence-corrected chi connectivity index (χ2v) is 5.91. The Bertz CT molecular complexity index is 356. The Morgan fingerprint density at radius 1 is 1.24 bits per heavy atom. The first-order valence-corrected chi connectivity index (χ1v) is 7.44. The van der Waals surface area contributed by atoms with Gasteiger partial charge in [-0.25, -0.2) is 0 Å². The van der Waals surface area contributed by atoms with Gasteiger partial charge in [-0.15, -0.1) is 0 Å². The van der Waals surface area contributed by atoms with E-state index in [1.165, 1.54) is 44.1 Å². The molecular formula is C15H21BrO. The zero-order chi connectivity index (χ0) is 12.1. The number of aryl methyl sites for hydroxylation is 1. The Balaban J connectivity index is 1.75. The third-order valence-electron chi connectivity index (χ3n) is 3.65. The standard InChI is InChI=1S/C15H21BrO/c1-12-11-14(7-8-15(12)16)17-10-9-13-5-3-2-4-6-13/h7-8,11,13H,2-6,9-10H2,1H3. The topological polar surface area (TPSA) is 9.23 Å². The van der Waals surface area contributed by atoms with Crippen LogP contribution in [0.5, 0.6) is 5.75 Å². The maximum atomic E-state index is 5.82. The lowest BCUT2D eigenvalue weighted by atomic mass is 9.87. The van der Waals surface area contributed by atoms with Crippen molar-refractivity contribution in [3.63, 3.8) is 0 Å². The van der Waals surface area contributed by atoms with Crippen LogP contribution in [0.2, 0.25) is 0 Å². The Morgan fingerprint density at radius 2 is 2.00 bits per heavy atom. The first-order chi connectivity index (χ1) is 8.25. The van der Waals surface area contributed by atoms with Crippen molar-refractivity contribution in [3.8, 4) is 5.75 Å². The van der Waals surface area contributed by atoms with E-state index in [4.69, 9.17) is 4.74 Å². The largest absolute Gasteiger partial charge is 0.494 e. The average Bonchev–Trinajstić information content (AvgIpc) is 2.35. The molecule has 0 aromatic heterocycles. The van der Waals surface area contributed by atoms with Crippen molar-refractivity contribution in [2.45, 2.75) is 45.4 Å². The van der Waals surface area contributed by atoms with E-state index in [1.807, 2.05) is 6.07 Å². The molecule has 1 aliphatic rings. The molecular weight excluding hydrogens is 276 g/mol. The van der Waals surface area contributed by atoms with Gasteiger partial charge >= 0.3 is 0 Å². The molecule has 1 saturated carbocycles. The first-order valence-electron chi connectivity index (χ1n) is 6.64. The quantitative estimate of drug-likeness (QED) is 0.750. The Labute approximate surface area is 113 Å². The van der Waals surface area contributed by atoms with E-state index in [0.717, 1.165) is 22.7 Å². The van der Waals surface area contributed by atoms with Gasteiger partial charge in [0.15, 0.2) is 0 Å². The zero-order valence-corrected chi connectivity index (χ0v) is 12.1. The summed E-state index contributed by atoms with van der Waals surface area (Å²) in [6, 6.07) is 6.20. The summed E-state index contributed by atoms with van der Waals surface area (Å²) >= 11 is 3.50. The van der Waals surface area contributed by atoms with Crippen LogP contribution in [-0.2, 0) is 0 Å². The molecule has 1 aliphatic carbocycles. The summed E-state index contributed by atoms with van der Waals surface area (Å²) in [7, 11) is 0. The summed E-state index contributed by atoms with van der Waals surface area (Å²) in [6.45, 7) is 2.96. The molecule has 1 fully saturated rings. The highest BCUT2D eigenvalue weighted by atomic mass is 79.9. The maximum Gasteiger partial charge on any atom is 0.119 e. The van der Waals surface area contributed by atoms with Gasteiger partial charge in [0.05, 0.1) is 6.61 Å². The normalized spacial score (nSPS) is 17.1. The van der Waals surface area contributed by atoms with Crippen molar-refractivity contribution in [2.75, 3.05) is 6.61 Å². The van der Waals surface area contributed by atoms with Crippen molar-refractivity contribution in [2.24, 2.45) is 5.92 Å². The van der Waals surface area contributed by atoms with Gasteiger partial charge in [0.2, 0.25) is 0 Å². The van der Waals surface area contributed by atoms with Gasteiger partial charge in [-0.05, 0) is 43.0 Å². The predicted molar refractivity (Wildman–Crippen MR) is 75.6 cm³/mol. The third kappa shape index (κ3) is 4.02. The number of rotatable bonds is 4. The fraction of sp³-hybridized carbons (Fsp3) is 0.600. The van der Waals surface area contributed by atoms with Crippen LogP contribution in [-0.4, -0.2) is 6.61 Å². The summed E-state index contributed by atoms with van der Waals surface area (Å²) in [4.78, 5) is 0. The van der Waals surface area contributed by atoms with E-state index >= 15 is 0 Å². The molecule has 0 atom stereocenters. The van der Waals surface area contributed by atoms with E-state index in [1.54, 1.807) is 0 Å². The summed E-state index contributed by atoms with van der Waals surface area (Å²) in [6.07, 6.45) is 8.30. The van der Waals surface area contributed by atoms with Crippen LogP contribution in [0.1, 0.15) is 44.1 Å². The van der Waals surface area contributed by atoms with Gasteiger partial charge in [0, 0.05) is 4.47 Å². The smallest absolute Gasteiger partial charge is 0.119 e. The first kappa shape index (κ1) is 12.9. The van der Waals surface area contributed by atoms with Crippen LogP contribution >= 0.6 is 15.9 Å². The number of ether oxygens (including phenoxy) is 1. The minimum Gasteiger partial charge on any atom is -0.494 e. The molecule has 0 spiro atoms. The van der Waals surface area contributed by atoms with Crippen LogP contribution in [0, 0.1) is 12.8 Å².